The molecule has 1 saturated heterocycles. The largest absolute Gasteiger partial charge is 0.494 e. The van der Waals surface area contributed by atoms with Gasteiger partial charge in [-0.15, -0.1) is 0 Å². The number of halogens is 2. The lowest BCUT2D eigenvalue weighted by molar-refractivity contribution is -0.0399. The molecular weight excluding hydrogens is 516 g/mol. The second-order valence-corrected chi connectivity index (χ2v) is 13.4. The number of para-hydroxylation sites is 1. The lowest BCUT2D eigenvalue weighted by atomic mass is 9.78. The molecule has 9 heteroatoms. The summed E-state index contributed by atoms with van der Waals surface area (Å²) in [5.41, 5.74) is 1.65. The Morgan fingerprint density at radius 2 is 1.62 bits per heavy atom. The van der Waals surface area contributed by atoms with E-state index in [9.17, 15) is 24.1 Å². The number of aromatic nitrogens is 2. The van der Waals surface area contributed by atoms with Crippen LogP contribution in [0.2, 0.25) is 0 Å². The van der Waals surface area contributed by atoms with Gasteiger partial charge in [0.1, 0.15) is 0 Å². The van der Waals surface area contributed by atoms with Crippen LogP contribution in [0.5, 0.6) is 11.8 Å². The molecule has 4 aliphatic carbocycles. The summed E-state index contributed by atoms with van der Waals surface area (Å²) in [5, 5.41) is 39.2. The zero-order valence-corrected chi connectivity index (χ0v) is 22.6. The van der Waals surface area contributed by atoms with Crippen LogP contribution in [0.15, 0.2) is 28.8 Å². The maximum atomic E-state index is 14.0. The van der Waals surface area contributed by atoms with E-state index in [0.717, 1.165) is 68.4 Å². The topological polar surface area (TPSA) is 94.9 Å². The van der Waals surface area contributed by atoms with E-state index < -0.39 is 23.4 Å². The average Bonchev–Trinajstić information content (AvgIpc) is 3.51. The minimum absolute atomic E-state index is 0.0200. The monoisotopic (exact) mass is 553 g/mol. The maximum absolute atomic E-state index is 14.0. The second-order valence-electron chi connectivity index (χ2n) is 13.4. The number of piperidine rings is 1. The number of likely N-dealkylation sites (tertiary alicyclic amines) is 1. The molecule has 40 heavy (non-hydrogen) atoms. The van der Waals surface area contributed by atoms with Crippen LogP contribution >= 0.6 is 0 Å². The van der Waals surface area contributed by atoms with Crippen LogP contribution in [0.4, 0.5) is 8.78 Å². The Bertz CT molecular complexity index is 1460. The first-order valence-corrected chi connectivity index (χ1v) is 15.1. The normalized spacial score (nSPS) is 35.1. The molecule has 3 heterocycles. The Kier molecular flexibility index (Phi) is 5.44. The number of fused-ring (bicyclic) bond motifs is 6. The van der Waals surface area contributed by atoms with Gasteiger partial charge in [0.05, 0.1) is 17.2 Å². The fourth-order valence-electron chi connectivity index (χ4n) is 9.14. The number of nitrogens with zero attached hydrogens (tertiary/aromatic N) is 3. The minimum Gasteiger partial charge on any atom is -0.494 e. The minimum atomic E-state index is -2.83. The Labute approximate surface area is 231 Å². The van der Waals surface area contributed by atoms with Crippen LogP contribution in [0, 0.1) is 17.8 Å². The summed E-state index contributed by atoms with van der Waals surface area (Å²) < 4.78 is 35.1. The molecule has 3 N–H and O–H groups in total. The molecule has 1 aliphatic heterocycles. The molecule has 1 aromatic carbocycles. The van der Waals surface area contributed by atoms with Gasteiger partial charge >= 0.3 is 0 Å². The van der Waals surface area contributed by atoms with Gasteiger partial charge in [-0.05, 0) is 81.5 Å². The fourth-order valence-corrected chi connectivity index (χ4v) is 9.14. The summed E-state index contributed by atoms with van der Waals surface area (Å²) >= 11 is 0. The lowest BCUT2D eigenvalue weighted by Gasteiger charge is -2.34. The predicted molar refractivity (Wildman–Crippen MR) is 144 cm³/mol. The van der Waals surface area contributed by atoms with Crippen molar-refractivity contribution in [3.8, 4) is 11.8 Å². The molecule has 4 unspecified atom stereocenters. The van der Waals surface area contributed by atoms with E-state index in [-0.39, 0.29) is 30.5 Å². The van der Waals surface area contributed by atoms with Gasteiger partial charge in [0.2, 0.25) is 0 Å². The van der Waals surface area contributed by atoms with Crippen molar-refractivity contribution in [2.24, 2.45) is 17.8 Å². The number of hydrogen-bond donors (Lipinski definition) is 3. The summed E-state index contributed by atoms with van der Waals surface area (Å²) in [4.78, 5) is 2.55. The first-order chi connectivity index (χ1) is 19.2. The van der Waals surface area contributed by atoms with E-state index in [1.165, 1.54) is 0 Å². The smallest absolute Gasteiger partial charge is 0.254 e. The van der Waals surface area contributed by atoms with E-state index in [0.29, 0.717) is 41.8 Å². The molecule has 0 amide bonds. The summed E-state index contributed by atoms with van der Waals surface area (Å²) in [7, 11) is 0. The molecule has 0 radical (unpaired) electrons. The first kappa shape index (κ1) is 25.1. The zero-order valence-electron chi connectivity index (χ0n) is 22.6. The van der Waals surface area contributed by atoms with E-state index in [1.807, 2.05) is 18.2 Å². The van der Waals surface area contributed by atoms with Crippen molar-refractivity contribution in [1.82, 2.24) is 14.6 Å². The molecule has 2 bridgehead atoms. The molecule has 4 fully saturated rings. The maximum Gasteiger partial charge on any atom is 0.254 e. The number of alkyl halides is 2. The summed E-state index contributed by atoms with van der Waals surface area (Å²) in [6.07, 6.45) is 5.88. The average molecular weight is 554 g/mol. The van der Waals surface area contributed by atoms with Crippen LogP contribution < -0.4 is 0 Å². The quantitative estimate of drug-likeness (QED) is 0.363. The number of benzene rings is 1. The Balaban J connectivity index is 0.945. The van der Waals surface area contributed by atoms with Gasteiger partial charge in [0.25, 0.3) is 5.92 Å². The van der Waals surface area contributed by atoms with Crippen molar-refractivity contribution in [3.05, 3.63) is 41.1 Å². The number of rotatable bonds is 6. The molecule has 0 spiro atoms. The van der Waals surface area contributed by atoms with Gasteiger partial charge in [-0.1, -0.05) is 23.7 Å². The molecule has 5 aliphatic rings. The third-order valence-electron chi connectivity index (χ3n) is 11.3. The summed E-state index contributed by atoms with van der Waals surface area (Å²) in [5.74, 6) is -3.31. The van der Waals surface area contributed by atoms with Crippen LogP contribution in [0.3, 0.4) is 0 Å². The number of hydrogen-bond acceptors (Lipinski definition) is 6. The molecule has 8 rings (SSSR count). The summed E-state index contributed by atoms with van der Waals surface area (Å²) in [6, 6.07) is 8.06. The SMILES string of the molecule is Oc1c2c(c(O)n1C[C@H]1CCC[C@@H]1CN1CCC(c3noc4ccccc34)CC1)C1CC2CC1(O)C1CC1(F)F. The zero-order chi connectivity index (χ0) is 27.4. The Hall–Kier alpha value is -2.65. The Morgan fingerprint density at radius 3 is 2.38 bits per heavy atom. The van der Waals surface area contributed by atoms with Crippen LogP contribution in [-0.4, -0.2) is 61.1 Å². The van der Waals surface area contributed by atoms with Crippen LogP contribution in [0.1, 0.15) is 85.9 Å². The number of aromatic hydroxyl groups is 2. The van der Waals surface area contributed by atoms with Crippen LogP contribution in [0.25, 0.3) is 11.0 Å². The Morgan fingerprint density at radius 1 is 0.925 bits per heavy atom. The highest BCUT2D eigenvalue weighted by molar-refractivity contribution is 5.79. The molecule has 7 nitrogen and oxygen atoms in total. The molecule has 3 aromatic rings. The van der Waals surface area contributed by atoms with Crippen LogP contribution in [-0.2, 0) is 6.54 Å². The lowest BCUT2D eigenvalue weighted by Crippen LogP contribution is -2.38. The fraction of sp³-hybridized carbons (Fsp3) is 0.645. The highest BCUT2D eigenvalue weighted by Crippen LogP contribution is 2.71. The van der Waals surface area contributed by atoms with E-state index in [2.05, 4.69) is 16.1 Å². The third-order valence-corrected chi connectivity index (χ3v) is 11.3. The van der Waals surface area contributed by atoms with Crippen molar-refractivity contribution in [3.63, 3.8) is 0 Å². The first-order valence-electron chi connectivity index (χ1n) is 15.1. The van der Waals surface area contributed by atoms with E-state index >= 15 is 0 Å². The molecule has 3 saturated carbocycles. The highest BCUT2D eigenvalue weighted by atomic mass is 19.3. The standard InChI is InChI=1S/C31H37F2N3O4/c32-31(33)14-24(31)30(39)13-20-12-22(30)26-25(20)28(37)36(29(26)38)16-19-5-3-4-18(19)15-35-10-8-17(9-11-35)27-21-6-1-2-7-23(21)40-34-27/h1-2,6-7,17-20,22,24,37-39H,3-5,8-16H2/t18-,19-,20?,22?,24?,30?/m1/s1. The molecular formula is C31H37F2N3O4. The van der Waals surface area contributed by atoms with Crippen molar-refractivity contribution in [2.45, 2.75) is 87.2 Å². The van der Waals surface area contributed by atoms with Gasteiger partial charge in [0, 0.05) is 47.9 Å². The van der Waals surface area contributed by atoms with Crippen molar-refractivity contribution >= 4 is 11.0 Å². The predicted octanol–water partition coefficient (Wildman–Crippen LogP) is 5.70. The second kappa shape index (κ2) is 8.68. The van der Waals surface area contributed by atoms with Gasteiger partial charge in [-0.25, -0.2) is 8.78 Å². The van der Waals surface area contributed by atoms with Gasteiger partial charge in [-0.2, -0.15) is 0 Å². The molecule has 2 aromatic heterocycles. The highest BCUT2D eigenvalue weighted by Gasteiger charge is 2.72. The molecule has 214 valence electrons. The van der Waals surface area contributed by atoms with E-state index in [4.69, 9.17) is 4.52 Å². The van der Waals surface area contributed by atoms with E-state index in [1.54, 1.807) is 4.57 Å². The molecule has 6 atom stereocenters. The third kappa shape index (κ3) is 3.62. The van der Waals surface area contributed by atoms with Crippen molar-refractivity contribution in [1.29, 1.82) is 0 Å². The summed E-state index contributed by atoms with van der Waals surface area (Å²) in [6.45, 7) is 3.55. The van der Waals surface area contributed by atoms with Gasteiger partial charge in [-0.3, -0.25) is 4.57 Å². The van der Waals surface area contributed by atoms with Crippen molar-refractivity contribution < 1.29 is 28.6 Å². The van der Waals surface area contributed by atoms with Gasteiger partial charge < -0.3 is 24.7 Å². The van der Waals surface area contributed by atoms with Gasteiger partial charge in [0.15, 0.2) is 17.3 Å². The number of aliphatic hydroxyl groups is 1. The van der Waals surface area contributed by atoms with Crippen molar-refractivity contribution in [2.75, 3.05) is 19.6 Å².